The average molecular weight is 454 g/mol. The van der Waals surface area contributed by atoms with Crippen molar-refractivity contribution in [2.75, 3.05) is 19.0 Å². The molecule has 2 N–H and O–H groups in total. The van der Waals surface area contributed by atoms with E-state index in [0.29, 0.717) is 28.8 Å². The molecule has 7 nitrogen and oxygen atoms in total. The molecule has 2 aromatic carbocycles. The molecular weight excluding hydrogens is 434 g/mol. The molecular formula is C19H20ClN3O4S2. The van der Waals surface area contributed by atoms with Gasteiger partial charge in [0.2, 0.25) is 0 Å². The van der Waals surface area contributed by atoms with Crippen LogP contribution in [-0.2, 0) is 10.0 Å². The van der Waals surface area contributed by atoms with Gasteiger partial charge in [-0.05, 0) is 42.3 Å². The molecule has 29 heavy (non-hydrogen) atoms. The molecule has 0 aliphatic carbocycles. The molecule has 0 unspecified atom stereocenters. The van der Waals surface area contributed by atoms with E-state index in [1.165, 1.54) is 23.9 Å². The number of halogens is 1. The first-order valence-corrected chi connectivity index (χ1v) is 11.4. The molecule has 10 heteroatoms. The topological polar surface area (TPSA) is 96.9 Å². The highest BCUT2D eigenvalue weighted by Gasteiger charge is 2.30. The van der Waals surface area contributed by atoms with E-state index in [1.54, 1.807) is 31.4 Å². The number of carbonyl (C=O) groups is 1. The summed E-state index contributed by atoms with van der Waals surface area (Å²) in [5.41, 5.74) is 0.595. The minimum atomic E-state index is -3.85. The standard InChI is InChI=1S/C19H20ClN3O4S2/c1-11(2)10-21-19-23-29(25,26)17-8-14(15(20)9-16(17)28-19)18(24)22-12-4-6-13(27-3)7-5-12/h4-9,11H,10H2,1-3H3,(H,21,23)(H,22,24). The van der Waals surface area contributed by atoms with E-state index < -0.39 is 15.9 Å². The third-order valence-electron chi connectivity index (χ3n) is 3.94. The number of anilines is 1. The second-order valence-electron chi connectivity index (χ2n) is 6.71. The van der Waals surface area contributed by atoms with Crippen LogP contribution in [0.4, 0.5) is 5.69 Å². The van der Waals surface area contributed by atoms with Crippen LogP contribution in [0.2, 0.25) is 5.02 Å². The smallest absolute Gasteiger partial charge is 0.264 e. The summed E-state index contributed by atoms with van der Waals surface area (Å²) in [7, 11) is -2.30. The largest absolute Gasteiger partial charge is 0.497 e. The Bertz CT molecular complexity index is 1070. The Morgan fingerprint density at radius 3 is 2.59 bits per heavy atom. The van der Waals surface area contributed by atoms with E-state index in [4.69, 9.17) is 16.3 Å². The third-order valence-corrected chi connectivity index (χ3v) is 6.88. The monoisotopic (exact) mass is 453 g/mol. The molecule has 0 atom stereocenters. The number of thioether (sulfide) groups is 1. The van der Waals surface area contributed by atoms with Gasteiger partial charge in [-0.3, -0.25) is 14.5 Å². The summed E-state index contributed by atoms with van der Waals surface area (Å²) in [5.74, 6) is 0.433. The maximum atomic E-state index is 12.7. The fourth-order valence-corrected chi connectivity index (χ4v) is 5.45. The van der Waals surface area contributed by atoms with E-state index >= 15 is 0 Å². The Labute approximate surface area is 178 Å². The Morgan fingerprint density at radius 2 is 1.97 bits per heavy atom. The molecule has 3 rings (SSSR count). The number of amidine groups is 1. The summed E-state index contributed by atoms with van der Waals surface area (Å²) in [6, 6.07) is 9.52. The van der Waals surface area contributed by atoms with Crippen molar-refractivity contribution in [3.63, 3.8) is 0 Å². The van der Waals surface area contributed by atoms with Crippen molar-refractivity contribution < 1.29 is 17.9 Å². The number of nitrogens with zero attached hydrogens (tertiary/aromatic N) is 1. The van der Waals surface area contributed by atoms with Gasteiger partial charge < -0.3 is 10.1 Å². The van der Waals surface area contributed by atoms with Crippen LogP contribution in [0.5, 0.6) is 5.75 Å². The lowest BCUT2D eigenvalue weighted by Gasteiger charge is -2.20. The number of aliphatic imine (C=N–C) groups is 1. The third kappa shape index (κ3) is 5.04. The maximum absolute atomic E-state index is 12.7. The number of ether oxygens (including phenoxy) is 1. The van der Waals surface area contributed by atoms with Crippen LogP contribution >= 0.6 is 23.4 Å². The quantitative estimate of drug-likeness (QED) is 0.713. The summed E-state index contributed by atoms with van der Waals surface area (Å²) in [4.78, 5) is 17.4. The highest BCUT2D eigenvalue weighted by Crippen LogP contribution is 2.36. The van der Waals surface area contributed by atoms with Crippen molar-refractivity contribution >= 4 is 50.1 Å². The van der Waals surface area contributed by atoms with Crippen LogP contribution in [0, 0.1) is 5.92 Å². The van der Waals surface area contributed by atoms with E-state index in [-0.39, 0.29) is 20.6 Å². The van der Waals surface area contributed by atoms with Gasteiger partial charge in [0, 0.05) is 17.1 Å². The summed E-state index contributed by atoms with van der Waals surface area (Å²) in [6.07, 6.45) is 0. The van der Waals surface area contributed by atoms with Gasteiger partial charge >= 0.3 is 0 Å². The van der Waals surface area contributed by atoms with Crippen LogP contribution in [0.1, 0.15) is 24.2 Å². The van der Waals surface area contributed by atoms with Gasteiger partial charge in [-0.25, -0.2) is 8.42 Å². The van der Waals surface area contributed by atoms with Gasteiger partial charge in [-0.2, -0.15) is 0 Å². The highest BCUT2D eigenvalue weighted by atomic mass is 35.5. The molecule has 1 amide bonds. The second kappa shape index (κ2) is 8.64. The first-order valence-electron chi connectivity index (χ1n) is 8.73. The lowest BCUT2D eigenvalue weighted by atomic mass is 10.2. The normalized spacial score (nSPS) is 16.2. The first kappa shape index (κ1) is 21.5. The van der Waals surface area contributed by atoms with Crippen LogP contribution in [-0.4, -0.2) is 33.1 Å². The van der Waals surface area contributed by atoms with E-state index in [0.717, 1.165) is 0 Å². The predicted molar refractivity (Wildman–Crippen MR) is 116 cm³/mol. The molecule has 1 aliphatic heterocycles. The summed E-state index contributed by atoms with van der Waals surface area (Å²) in [6.45, 7) is 4.48. The number of fused-ring (bicyclic) bond motifs is 1. The zero-order valence-corrected chi connectivity index (χ0v) is 18.4. The lowest BCUT2D eigenvalue weighted by Crippen LogP contribution is -2.33. The zero-order chi connectivity index (χ0) is 21.2. The van der Waals surface area contributed by atoms with Crippen molar-refractivity contribution in [2.24, 2.45) is 10.9 Å². The maximum Gasteiger partial charge on any atom is 0.264 e. The van der Waals surface area contributed by atoms with Crippen LogP contribution in [0.25, 0.3) is 0 Å². The molecule has 0 radical (unpaired) electrons. The Hall–Kier alpha value is -2.23. The van der Waals surface area contributed by atoms with E-state index in [9.17, 15) is 13.2 Å². The molecule has 0 bridgehead atoms. The van der Waals surface area contributed by atoms with Crippen molar-refractivity contribution in [3.8, 4) is 5.75 Å². The number of benzene rings is 2. The van der Waals surface area contributed by atoms with Gasteiger partial charge in [0.25, 0.3) is 15.9 Å². The molecule has 2 aromatic rings. The summed E-state index contributed by atoms with van der Waals surface area (Å²) < 4.78 is 32.8. The van der Waals surface area contributed by atoms with Crippen molar-refractivity contribution in [2.45, 2.75) is 23.6 Å². The first-order chi connectivity index (χ1) is 13.7. The van der Waals surface area contributed by atoms with Crippen molar-refractivity contribution in [1.82, 2.24) is 4.72 Å². The molecule has 0 aromatic heterocycles. The SMILES string of the molecule is COc1ccc(NC(=O)c2cc3c(cc2Cl)SC(=NCC(C)C)NS3(=O)=O)cc1. The molecule has 154 valence electrons. The Balaban J connectivity index is 1.89. The molecule has 0 saturated heterocycles. The number of sulfonamides is 1. The van der Waals surface area contributed by atoms with E-state index in [2.05, 4.69) is 15.0 Å². The molecule has 1 aliphatic rings. The van der Waals surface area contributed by atoms with Crippen molar-refractivity contribution in [3.05, 3.63) is 47.0 Å². The molecule has 0 fully saturated rings. The summed E-state index contributed by atoms with van der Waals surface area (Å²) in [5, 5.41) is 3.15. The fraction of sp³-hybridized carbons (Fsp3) is 0.263. The zero-order valence-electron chi connectivity index (χ0n) is 16.0. The molecule has 0 saturated carbocycles. The number of methoxy groups -OCH3 is 1. The van der Waals surface area contributed by atoms with Gasteiger partial charge in [0.05, 0.1) is 17.7 Å². The number of amides is 1. The Kier molecular flexibility index (Phi) is 6.40. The molecule has 0 spiro atoms. The van der Waals surface area contributed by atoms with Gasteiger partial charge in [-0.1, -0.05) is 37.2 Å². The summed E-state index contributed by atoms with van der Waals surface area (Å²) >= 11 is 7.46. The lowest BCUT2D eigenvalue weighted by molar-refractivity contribution is 0.102. The van der Waals surface area contributed by atoms with Crippen LogP contribution in [0.15, 0.2) is 51.2 Å². The number of rotatable bonds is 5. The number of hydrogen-bond donors (Lipinski definition) is 2. The minimum absolute atomic E-state index is 0.00437. The minimum Gasteiger partial charge on any atom is -0.497 e. The highest BCUT2D eigenvalue weighted by molar-refractivity contribution is 8.16. The van der Waals surface area contributed by atoms with Crippen LogP contribution < -0.4 is 14.8 Å². The number of hydrogen-bond acceptors (Lipinski definition) is 6. The fourth-order valence-electron chi connectivity index (χ4n) is 2.50. The van der Waals surface area contributed by atoms with Crippen LogP contribution in [0.3, 0.4) is 0 Å². The molecule has 1 heterocycles. The van der Waals surface area contributed by atoms with E-state index in [1.807, 2.05) is 13.8 Å². The number of nitrogens with one attached hydrogen (secondary N) is 2. The average Bonchev–Trinajstić information content (AvgIpc) is 2.65. The van der Waals surface area contributed by atoms with Gasteiger partial charge in [0.1, 0.15) is 10.6 Å². The number of carbonyl (C=O) groups excluding carboxylic acids is 1. The van der Waals surface area contributed by atoms with Gasteiger partial charge in [-0.15, -0.1) is 0 Å². The predicted octanol–water partition coefficient (Wildman–Crippen LogP) is 4.00. The Morgan fingerprint density at radius 1 is 1.28 bits per heavy atom. The van der Waals surface area contributed by atoms with Crippen molar-refractivity contribution in [1.29, 1.82) is 0 Å². The van der Waals surface area contributed by atoms with Gasteiger partial charge in [0.15, 0.2) is 5.17 Å². The second-order valence-corrected chi connectivity index (χ2v) is 9.80.